The fourth-order valence-electron chi connectivity index (χ4n) is 3.63. The summed E-state index contributed by atoms with van der Waals surface area (Å²) in [5.41, 5.74) is 5.60. The Balaban J connectivity index is 1.69. The highest BCUT2D eigenvalue weighted by Crippen LogP contribution is 2.33. The molecule has 2 aromatic carbocycles. The van der Waals surface area contributed by atoms with Crippen LogP contribution in [0.3, 0.4) is 0 Å². The molecule has 0 N–H and O–H groups in total. The molecule has 0 aliphatic carbocycles. The molecule has 1 aromatic heterocycles. The average Bonchev–Trinajstić information content (AvgIpc) is 2.84. The van der Waals surface area contributed by atoms with Crippen LogP contribution in [0, 0.1) is 11.3 Å². The van der Waals surface area contributed by atoms with Gasteiger partial charge in [-0.1, -0.05) is 30.3 Å². The Bertz CT molecular complexity index is 1180. The third-order valence-electron chi connectivity index (χ3n) is 5.28. The summed E-state index contributed by atoms with van der Waals surface area (Å²) in [7, 11) is 4.06. The molecule has 5 nitrogen and oxygen atoms in total. The van der Waals surface area contributed by atoms with Crippen LogP contribution >= 0.6 is 0 Å². The normalized spacial score (nSPS) is 13.4. The number of allylic oxidation sites excluding steroid dienone is 2. The van der Waals surface area contributed by atoms with Crippen molar-refractivity contribution in [2.24, 2.45) is 0 Å². The molecule has 1 aliphatic rings. The predicted molar refractivity (Wildman–Crippen MR) is 129 cm³/mol. The minimum atomic E-state index is 0.631. The molecule has 2 heterocycles. The van der Waals surface area contributed by atoms with Gasteiger partial charge in [-0.15, -0.1) is 0 Å². The molecule has 32 heavy (non-hydrogen) atoms. The van der Waals surface area contributed by atoms with E-state index in [0.29, 0.717) is 18.7 Å². The quantitative estimate of drug-likeness (QED) is 0.545. The zero-order chi connectivity index (χ0) is 22.3. The SMILES string of the molecule is CN(C)CCOc1cccc(N2C=C(c3ccccn3)C=C(c3ccccc3C#N)C2)c1. The Morgan fingerprint density at radius 2 is 1.91 bits per heavy atom. The van der Waals surface area contributed by atoms with E-state index >= 15 is 0 Å². The molecule has 0 unspecified atom stereocenters. The summed E-state index contributed by atoms with van der Waals surface area (Å²) in [5.74, 6) is 0.839. The fraction of sp³-hybridized carbons (Fsp3) is 0.185. The van der Waals surface area contributed by atoms with Crippen LogP contribution in [-0.2, 0) is 0 Å². The molecule has 160 valence electrons. The summed E-state index contributed by atoms with van der Waals surface area (Å²) in [6.07, 6.45) is 6.04. The van der Waals surface area contributed by atoms with E-state index in [-0.39, 0.29) is 0 Å². The van der Waals surface area contributed by atoms with Crippen LogP contribution in [0.1, 0.15) is 16.8 Å². The zero-order valence-electron chi connectivity index (χ0n) is 18.4. The molecule has 0 saturated carbocycles. The van der Waals surface area contributed by atoms with E-state index in [1.165, 1.54) is 0 Å². The van der Waals surface area contributed by atoms with Gasteiger partial charge in [0.2, 0.25) is 0 Å². The third kappa shape index (κ3) is 5.05. The van der Waals surface area contributed by atoms with E-state index < -0.39 is 0 Å². The Morgan fingerprint density at radius 3 is 2.69 bits per heavy atom. The van der Waals surface area contributed by atoms with Crippen LogP contribution in [0.4, 0.5) is 5.69 Å². The Labute approximate surface area is 189 Å². The highest BCUT2D eigenvalue weighted by atomic mass is 16.5. The van der Waals surface area contributed by atoms with Gasteiger partial charge in [0.1, 0.15) is 12.4 Å². The Morgan fingerprint density at radius 1 is 1.06 bits per heavy atom. The van der Waals surface area contributed by atoms with Crippen LogP contribution in [-0.4, -0.2) is 43.7 Å². The van der Waals surface area contributed by atoms with Crippen molar-refractivity contribution in [1.82, 2.24) is 9.88 Å². The largest absolute Gasteiger partial charge is 0.492 e. The molecular formula is C27H26N4O. The topological polar surface area (TPSA) is 52.4 Å². The number of nitrogens with zero attached hydrogens (tertiary/aromatic N) is 4. The number of rotatable bonds is 7. The first kappa shape index (κ1) is 21.4. The molecule has 0 amide bonds. The van der Waals surface area contributed by atoms with Gasteiger partial charge in [0.05, 0.1) is 17.3 Å². The summed E-state index contributed by atoms with van der Waals surface area (Å²) in [4.78, 5) is 8.83. The lowest BCUT2D eigenvalue weighted by molar-refractivity contribution is 0.261. The van der Waals surface area contributed by atoms with Gasteiger partial charge >= 0.3 is 0 Å². The van der Waals surface area contributed by atoms with Gasteiger partial charge in [0.15, 0.2) is 0 Å². The van der Waals surface area contributed by atoms with Gasteiger partial charge in [-0.25, -0.2) is 0 Å². The van der Waals surface area contributed by atoms with E-state index in [2.05, 4.69) is 45.3 Å². The minimum Gasteiger partial charge on any atom is -0.492 e. The molecular weight excluding hydrogens is 396 g/mol. The summed E-state index contributed by atoms with van der Waals surface area (Å²) >= 11 is 0. The lowest BCUT2D eigenvalue weighted by atomic mass is 9.95. The van der Waals surface area contributed by atoms with Crippen LogP contribution in [0.5, 0.6) is 5.75 Å². The standard InChI is InChI=1S/C27H26N4O/c1-30(2)14-15-32-25-10-7-9-24(17-25)31-19-22(26-11-4-3-8-21(26)18-28)16-23(20-31)27-12-5-6-13-29-27/h3-13,16-17,20H,14-15,19H2,1-2H3. The number of anilines is 1. The number of aromatic nitrogens is 1. The molecule has 5 heteroatoms. The molecule has 0 atom stereocenters. The third-order valence-corrected chi connectivity index (χ3v) is 5.28. The van der Waals surface area contributed by atoms with Crippen molar-refractivity contribution in [3.63, 3.8) is 0 Å². The van der Waals surface area contributed by atoms with Gasteiger partial charge in [-0.2, -0.15) is 5.26 Å². The average molecular weight is 423 g/mol. The van der Waals surface area contributed by atoms with Gasteiger partial charge in [0.25, 0.3) is 0 Å². The number of nitriles is 1. The second kappa shape index (κ2) is 9.95. The molecule has 0 fully saturated rings. The van der Waals surface area contributed by atoms with E-state index in [1.807, 2.05) is 68.7 Å². The van der Waals surface area contributed by atoms with Crippen molar-refractivity contribution in [3.05, 3.63) is 102 Å². The maximum absolute atomic E-state index is 9.63. The van der Waals surface area contributed by atoms with E-state index in [1.54, 1.807) is 6.20 Å². The number of pyridine rings is 1. The van der Waals surface area contributed by atoms with E-state index in [9.17, 15) is 5.26 Å². The summed E-state index contributed by atoms with van der Waals surface area (Å²) in [5, 5.41) is 9.63. The highest BCUT2D eigenvalue weighted by molar-refractivity contribution is 5.90. The van der Waals surface area contributed by atoms with E-state index in [0.717, 1.165) is 40.4 Å². The zero-order valence-corrected chi connectivity index (χ0v) is 18.4. The summed E-state index contributed by atoms with van der Waals surface area (Å²) in [6, 6.07) is 24.1. The second-order valence-electron chi connectivity index (χ2n) is 7.90. The number of hydrogen-bond donors (Lipinski definition) is 0. The van der Waals surface area contributed by atoms with Crippen molar-refractivity contribution in [2.75, 3.05) is 38.7 Å². The molecule has 1 aliphatic heterocycles. The number of hydrogen-bond acceptors (Lipinski definition) is 5. The molecule has 0 radical (unpaired) electrons. The maximum Gasteiger partial charge on any atom is 0.121 e. The first-order valence-electron chi connectivity index (χ1n) is 10.6. The molecule has 3 aromatic rings. The number of ether oxygens (including phenoxy) is 1. The van der Waals surface area contributed by atoms with Crippen molar-refractivity contribution in [3.8, 4) is 11.8 Å². The highest BCUT2D eigenvalue weighted by Gasteiger charge is 2.19. The summed E-state index contributed by atoms with van der Waals surface area (Å²) < 4.78 is 5.95. The van der Waals surface area contributed by atoms with Gasteiger partial charge < -0.3 is 14.5 Å². The van der Waals surface area contributed by atoms with Crippen molar-refractivity contribution < 1.29 is 4.74 Å². The maximum atomic E-state index is 9.63. The van der Waals surface area contributed by atoms with Crippen molar-refractivity contribution >= 4 is 16.8 Å². The first-order chi connectivity index (χ1) is 15.6. The van der Waals surface area contributed by atoms with Gasteiger partial charge in [-0.05, 0) is 61.6 Å². The van der Waals surface area contributed by atoms with Crippen LogP contribution in [0.25, 0.3) is 11.1 Å². The minimum absolute atomic E-state index is 0.631. The lowest BCUT2D eigenvalue weighted by Crippen LogP contribution is -2.23. The lowest BCUT2D eigenvalue weighted by Gasteiger charge is -2.28. The smallest absolute Gasteiger partial charge is 0.121 e. The Hall–Kier alpha value is -3.88. The second-order valence-corrected chi connectivity index (χ2v) is 7.90. The van der Waals surface area contributed by atoms with Crippen LogP contribution < -0.4 is 9.64 Å². The molecule has 0 saturated heterocycles. The van der Waals surface area contributed by atoms with E-state index in [4.69, 9.17) is 4.74 Å². The molecule has 4 rings (SSSR count). The summed E-state index contributed by atoms with van der Waals surface area (Å²) in [6.45, 7) is 2.14. The van der Waals surface area contributed by atoms with Crippen LogP contribution in [0.2, 0.25) is 0 Å². The van der Waals surface area contributed by atoms with Crippen molar-refractivity contribution in [1.29, 1.82) is 5.26 Å². The number of likely N-dealkylation sites (N-methyl/N-ethyl adjacent to an activating group) is 1. The molecule has 0 spiro atoms. The Kier molecular flexibility index (Phi) is 6.64. The number of benzene rings is 2. The monoisotopic (exact) mass is 422 g/mol. The molecule has 0 bridgehead atoms. The predicted octanol–water partition coefficient (Wildman–Crippen LogP) is 4.84. The van der Waals surface area contributed by atoms with Gasteiger partial charge in [-0.3, -0.25) is 4.98 Å². The first-order valence-corrected chi connectivity index (χ1v) is 10.6. The van der Waals surface area contributed by atoms with Crippen LogP contribution in [0.15, 0.2) is 85.2 Å². The van der Waals surface area contributed by atoms with Gasteiger partial charge in [0, 0.05) is 42.8 Å². The van der Waals surface area contributed by atoms with Crippen molar-refractivity contribution in [2.45, 2.75) is 0 Å². The fourth-order valence-corrected chi connectivity index (χ4v) is 3.63.